The average molecular weight is 518 g/mol. The van der Waals surface area contributed by atoms with Gasteiger partial charge >= 0.3 is 18.0 Å². The largest absolute Gasteiger partial charge is 0.493 e. The minimum absolute atomic E-state index is 0.0452. The molecule has 1 aromatic rings. The number of carbonyl (C=O) groups is 3. The number of amides is 4. The fourth-order valence-electron chi connectivity index (χ4n) is 4.79. The van der Waals surface area contributed by atoms with Gasteiger partial charge in [-0.25, -0.2) is 14.4 Å². The summed E-state index contributed by atoms with van der Waals surface area (Å²) >= 11 is 0. The van der Waals surface area contributed by atoms with Crippen LogP contribution in [0.15, 0.2) is 29.5 Å². The fraction of sp³-hybridized carbons (Fsp3) is 0.577. The molecule has 204 valence electrons. The Bertz CT molecular complexity index is 1040. The number of nitrogens with zero attached hydrogens (tertiary/aromatic N) is 3. The lowest BCUT2D eigenvalue weighted by molar-refractivity contribution is -0.139. The number of methoxy groups -OCH3 is 2. The quantitative estimate of drug-likeness (QED) is 0.509. The number of piperazine rings is 1. The lowest BCUT2D eigenvalue weighted by Crippen LogP contribution is -2.58. The summed E-state index contributed by atoms with van der Waals surface area (Å²) < 4.78 is 16.5. The van der Waals surface area contributed by atoms with Crippen LogP contribution >= 0.6 is 0 Å². The highest BCUT2D eigenvalue weighted by Gasteiger charge is 2.40. The van der Waals surface area contributed by atoms with Crippen molar-refractivity contribution < 1.29 is 28.6 Å². The number of carbonyl (C=O) groups excluding carboxylic acids is 3. The molecular formula is C26H39N5O6. The number of benzene rings is 1. The Morgan fingerprint density at radius 2 is 1.92 bits per heavy atom. The molecule has 1 saturated heterocycles. The highest BCUT2D eigenvalue weighted by atomic mass is 16.5. The SMILES string of the molecule is CCOC(=O)C1=C(CN2CCN(C(=O)NC(C)C)[C@@H](C)C2)N(C)C(=O)N[C@H]1c1cccc(OC)c1OC. The first kappa shape index (κ1) is 28.1. The van der Waals surface area contributed by atoms with E-state index in [2.05, 4.69) is 15.5 Å². The van der Waals surface area contributed by atoms with E-state index in [1.807, 2.05) is 25.7 Å². The van der Waals surface area contributed by atoms with Gasteiger partial charge in [0.25, 0.3) is 0 Å². The second kappa shape index (κ2) is 12.2. The summed E-state index contributed by atoms with van der Waals surface area (Å²) in [5.41, 5.74) is 1.47. The Labute approximate surface area is 218 Å². The molecular weight excluding hydrogens is 478 g/mol. The molecule has 0 unspecified atom stereocenters. The molecule has 4 amide bonds. The summed E-state index contributed by atoms with van der Waals surface area (Å²) in [6.45, 7) is 9.85. The Hall–Kier alpha value is -3.47. The molecule has 2 heterocycles. The van der Waals surface area contributed by atoms with Gasteiger partial charge < -0.3 is 29.7 Å². The molecule has 1 aromatic carbocycles. The van der Waals surface area contributed by atoms with Crippen LogP contribution in [0.4, 0.5) is 9.59 Å². The van der Waals surface area contributed by atoms with Crippen LogP contribution < -0.4 is 20.1 Å². The average Bonchev–Trinajstić information content (AvgIpc) is 2.85. The monoisotopic (exact) mass is 517 g/mol. The molecule has 0 aliphatic carbocycles. The summed E-state index contributed by atoms with van der Waals surface area (Å²) in [6.07, 6.45) is 0. The zero-order chi connectivity index (χ0) is 27.3. The smallest absolute Gasteiger partial charge is 0.338 e. The van der Waals surface area contributed by atoms with Gasteiger partial charge in [0.05, 0.1) is 32.4 Å². The molecule has 0 saturated carbocycles. The van der Waals surface area contributed by atoms with Crippen LogP contribution in [-0.4, -0.2) is 98.9 Å². The predicted octanol–water partition coefficient (Wildman–Crippen LogP) is 2.34. The van der Waals surface area contributed by atoms with Crippen LogP contribution in [0.25, 0.3) is 0 Å². The first-order valence-electron chi connectivity index (χ1n) is 12.6. The lowest BCUT2D eigenvalue weighted by atomic mass is 9.93. The van der Waals surface area contributed by atoms with E-state index >= 15 is 0 Å². The molecule has 3 rings (SSSR count). The van der Waals surface area contributed by atoms with Crippen LogP contribution in [0.5, 0.6) is 11.5 Å². The number of nitrogens with one attached hydrogen (secondary N) is 2. The normalized spacial score (nSPS) is 20.6. The second-order valence-electron chi connectivity index (χ2n) is 9.49. The van der Waals surface area contributed by atoms with Crippen LogP contribution in [0, 0.1) is 0 Å². The van der Waals surface area contributed by atoms with Gasteiger partial charge in [-0.05, 0) is 33.8 Å². The maximum Gasteiger partial charge on any atom is 0.338 e. The number of esters is 1. The van der Waals surface area contributed by atoms with Crippen molar-refractivity contribution >= 4 is 18.0 Å². The van der Waals surface area contributed by atoms with E-state index < -0.39 is 12.0 Å². The highest BCUT2D eigenvalue weighted by Crippen LogP contribution is 2.40. The van der Waals surface area contributed by atoms with E-state index in [9.17, 15) is 14.4 Å². The molecule has 1 fully saturated rings. The third-order valence-corrected chi connectivity index (χ3v) is 6.57. The Balaban J connectivity index is 1.99. The zero-order valence-corrected chi connectivity index (χ0v) is 22.8. The third-order valence-electron chi connectivity index (χ3n) is 6.57. The van der Waals surface area contributed by atoms with Crippen LogP contribution in [0.3, 0.4) is 0 Å². The van der Waals surface area contributed by atoms with Gasteiger partial charge in [-0.2, -0.15) is 0 Å². The summed E-state index contributed by atoms with van der Waals surface area (Å²) in [7, 11) is 4.69. The topological polar surface area (TPSA) is 113 Å². The number of urea groups is 2. The molecule has 0 bridgehead atoms. The van der Waals surface area contributed by atoms with Crippen molar-refractivity contribution in [3.63, 3.8) is 0 Å². The fourth-order valence-corrected chi connectivity index (χ4v) is 4.79. The number of ether oxygens (including phenoxy) is 3. The standard InChI is InChI=1S/C26H39N5O6/c1-8-37-24(32)21-19(15-30-12-13-31(17(4)14-30)26(34)27-16(2)3)29(5)25(33)28-22(21)18-10-9-11-20(35-6)23(18)36-7/h9-11,16-17,22H,8,12-15H2,1-7H3,(H,27,34)(H,28,33)/t17-,22-/m0/s1. The zero-order valence-electron chi connectivity index (χ0n) is 22.8. The molecule has 0 aromatic heterocycles. The number of hydrogen-bond acceptors (Lipinski definition) is 7. The number of likely N-dealkylation sites (N-methyl/N-ethyl adjacent to an activating group) is 1. The lowest BCUT2D eigenvalue weighted by Gasteiger charge is -2.42. The van der Waals surface area contributed by atoms with E-state index in [0.717, 1.165) is 0 Å². The molecule has 11 nitrogen and oxygen atoms in total. The molecule has 37 heavy (non-hydrogen) atoms. The maximum atomic E-state index is 13.3. The summed E-state index contributed by atoms with van der Waals surface area (Å²) in [6, 6.07) is 4.11. The molecule has 2 atom stereocenters. The second-order valence-corrected chi connectivity index (χ2v) is 9.49. The molecule has 0 radical (unpaired) electrons. The molecule has 2 aliphatic rings. The Morgan fingerprint density at radius 3 is 2.51 bits per heavy atom. The van der Waals surface area contributed by atoms with Crippen molar-refractivity contribution in [3.05, 3.63) is 35.0 Å². The minimum atomic E-state index is -0.793. The summed E-state index contributed by atoms with van der Waals surface area (Å²) in [4.78, 5) is 44.4. The van der Waals surface area contributed by atoms with Crippen molar-refractivity contribution in [1.29, 1.82) is 0 Å². The Morgan fingerprint density at radius 1 is 1.19 bits per heavy atom. The number of rotatable bonds is 8. The van der Waals surface area contributed by atoms with Gasteiger partial charge in [0.15, 0.2) is 11.5 Å². The van der Waals surface area contributed by atoms with Gasteiger partial charge in [0, 0.05) is 56.6 Å². The van der Waals surface area contributed by atoms with E-state index in [0.29, 0.717) is 54.5 Å². The molecule has 2 N–H and O–H groups in total. The van der Waals surface area contributed by atoms with Gasteiger partial charge in [-0.1, -0.05) is 12.1 Å². The van der Waals surface area contributed by atoms with Crippen LogP contribution in [0.1, 0.15) is 39.3 Å². The number of para-hydroxylation sites is 1. The Kier molecular flexibility index (Phi) is 9.25. The summed E-state index contributed by atoms with van der Waals surface area (Å²) in [5, 5.41) is 5.87. The van der Waals surface area contributed by atoms with Crippen LogP contribution in [0.2, 0.25) is 0 Å². The van der Waals surface area contributed by atoms with Crippen molar-refractivity contribution in [2.24, 2.45) is 0 Å². The molecule has 11 heteroatoms. The molecule has 0 spiro atoms. The van der Waals surface area contributed by atoms with E-state index in [1.165, 1.54) is 19.1 Å². The van der Waals surface area contributed by atoms with Gasteiger partial charge in [0.1, 0.15) is 0 Å². The first-order chi connectivity index (χ1) is 17.6. The number of hydrogen-bond donors (Lipinski definition) is 2. The van der Waals surface area contributed by atoms with E-state index in [4.69, 9.17) is 14.2 Å². The van der Waals surface area contributed by atoms with Crippen molar-refractivity contribution in [2.45, 2.75) is 45.8 Å². The van der Waals surface area contributed by atoms with E-state index in [-0.39, 0.29) is 30.8 Å². The maximum absolute atomic E-state index is 13.3. The first-order valence-corrected chi connectivity index (χ1v) is 12.6. The van der Waals surface area contributed by atoms with Crippen molar-refractivity contribution in [3.8, 4) is 11.5 Å². The van der Waals surface area contributed by atoms with Crippen molar-refractivity contribution in [2.75, 3.05) is 54.1 Å². The predicted molar refractivity (Wildman–Crippen MR) is 139 cm³/mol. The molecule has 2 aliphatic heterocycles. The van der Waals surface area contributed by atoms with Crippen LogP contribution in [-0.2, 0) is 9.53 Å². The van der Waals surface area contributed by atoms with Gasteiger partial charge in [-0.3, -0.25) is 9.80 Å². The third kappa shape index (κ3) is 6.10. The van der Waals surface area contributed by atoms with Gasteiger partial charge in [-0.15, -0.1) is 0 Å². The highest BCUT2D eigenvalue weighted by molar-refractivity contribution is 5.95. The summed E-state index contributed by atoms with van der Waals surface area (Å²) in [5.74, 6) is 0.407. The van der Waals surface area contributed by atoms with Crippen molar-refractivity contribution in [1.82, 2.24) is 25.3 Å². The van der Waals surface area contributed by atoms with Gasteiger partial charge in [0.2, 0.25) is 0 Å². The minimum Gasteiger partial charge on any atom is -0.493 e. The van der Waals surface area contributed by atoms with E-state index in [1.54, 1.807) is 32.2 Å².